The van der Waals surface area contributed by atoms with Crippen LogP contribution in [0.5, 0.6) is 0 Å². The summed E-state index contributed by atoms with van der Waals surface area (Å²) in [5.74, 6) is -3.44. The summed E-state index contributed by atoms with van der Waals surface area (Å²) in [7, 11) is 0. The monoisotopic (exact) mass is 917 g/mol. The average Bonchev–Trinajstić information content (AvgIpc) is 3.75. The Morgan fingerprint density at radius 3 is 1.89 bits per heavy atom. The van der Waals surface area contributed by atoms with Crippen molar-refractivity contribution in [3.05, 3.63) is 30.5 Å². The minimum atomic E-state index is -1.31. The molecule has 0 radical (unpaired) electrons. The van der Waals surface area contributed by atoms with Crippen molar-refractivity contribution in [1.29, 1.82) is 0 Å². The van der Waals surface area contributed by atoms with Crippen LogP contribution in [0.15, 0.2) is 24.8 Å². The van der Waals surface area contributed by atoms with E-state index in [1.807, 2.05) is 0 Å². The van der Waals surface area contributed by atoms with Crippen molar-refractivity contribution < 1.29 is 43.3 Å². The maximum absolute atomic E-state index is 13.5. The van der Waals surface area contributed by atoms with Gasteiger partial charge in [-0.3, -0.25) is 28.8 Å². The Morgan fingerprint density at radius 2 is 1.31 bits per heavy atom. The summed E-state index contributed by atoms with van der Waals surface area (Å²) in [5, 5.41) is 18.7. The quantitative estimate of drug-likeness (QED) is 0.0347. The molecule has 0 aromatic carbocycles. The number of carbonyl (C=O) groups is 6. The van der Waals surface area contributed by atoms with E-state index >= 15 is 0 Å². The molecule has 2 atom stereocenters. The van der Waals surface area contributed by atoms with Gasteiger partial charge in [-0.1, -0.05) is 125 Å². The SMILES string of the molecule is C=C(COCCOCCNC(=O)CCCCCCCCCCCCCCC)NCCCC[C@H](CC(=O)C(C)(C)CC(=O)C(C)(C)CC(=O)C(C)(C)NC(=O)[C@@H](N)Cc1cnc[nH]1)C(=O)O. The second kappa shape index (κ2) is 32.7. The lowest BCUT2D eigenvalue weighted by Crippen LogP contribution is -2.56. The lowest BCUT2D eigenvalue weighted by atomic mass is 9.71. The van der Waals surface area contributed by atoms with Crippen LogP contribution in [0.25, 0.3) is 0 Å². The first-order valence-electron chi connectivity index (χ1n) is 24.4. The van der Waals surface area contributed by atoms with Crippen molar-refractivity contribution in [1.82, 2.24) is 25.9 Å². The number of hydrogen-bond donors (Lipinski definition) is 6. The van der Waals surface area contributed by atoms with E-state index in [2.05, 4.69) is 39.4 Å². The number of carboxylic acids is 1. The minimum absolute atomic E-state index is 0.0675. The Bertz CT molecular complexity index is 1560. The molecule has 0 fully saturated rings. The van der Waals surface area contributed by atoms with E-state index in [1.54, 1.807) is 47.7 Å². The molecule has 372 valence electrons. The Kier molecular flexibility index (Phi) is 29.7. The van der Waals surface area contributed by atoms with Crippen molar-refractivity contribution in [2.75, 3.05) is 39.5 Å². The fraction of sp³-hybridized carbons (Fsp3) is 0.780. The maximum atomic E-state index is 13.5. The normalized spacial score (nSPS) is 12.9. The topological polar surface area (TPSA) is 232 Å². The van der Waals surface area contributed by atoms with E-state index in [4.69, 9.17) is 15.2 Å². The Morgan fingerprint density at radius 1 is 0.738 bits per heavy atom. The number of aromatic amines is 1. The molecule has 0 spiro atoms. The molecule has 0 bridgehead atoms. The molecule has 1 heterocycles. The van der Waals surface area contributed by atoms with E-state index in [0.717, 1.165) is 12.8 Å². The third kappa shape index (κ3) is 27.3. The van der Waals surface area contributed by atoms with Gasteiger partial charge in [-0.2, -0.15) is 0 Å². The van der Waals surface area contributed by atoms with Gasteiger partial charge in [0.15, 0.2) is 5.78 Å². The van der Waals surface area contributed by atoms with Crippen LogP contribution in [-0.2, 0) is 44.7 Å². The highest BCUT2D eigenvalue weighted by Crippen LogP contribution is 2.34. The number of hydrogen-bond acceptors (Lipinski definition) is 11. The van der Waals surface area contributed by atoms with E-state index in [9.17, 15) is 33.9 Å². The predicted octanol–water partition coefficient (Wildman–Crippen LogP) is 7.71. The molecule has 7 N–H and O–H groups in total. The van der Waals surface area contributed by atoms with Crippen LogP contribution in [-0.4, -0.2) is 101 Å². The highest BCUT2D eigenvalue weighted by Gasteiger charge is 2.41. The fourth-order valence-electron chi connectivity index (χ4n) is 7.37. The van der Waals surface area contributed by atoms with Crippen LogP contribution in [0.2, 0.25) is 0 Å². The number of carbonyl (C=O) groups excluding carboxylic acids is 5. The van der Waals surface area contributed by atoms with Crippen molar-refractivity contribution in [2.24, 2.45) is 22.5 Å². The molecule has 1 aromatic rings. The van der Waals surface area contributed by atoms with Gasteiger partial charge in [0.25, 0.3) is 0 Å². The molecule has 2 amide bonds. The van der Waals surface area contributed by atoms with E-state index in [1.165, 1.54) is 77.0 Å². The number of Topliss-reactive ketones (excluding diaryl/α,β-unsaturated/α-hetero) is 3. The van der Waals surface area contributed by atoms with Gasteiger partial charge in [0.2, 0.25) is 11.8 Å². The maximum Gasteiger partial charge on any atom is 0.306 e. The fourth-order valence-corrected chi connectivity index (χ4v) is 7.37. The molecule has 15 nitrogen and oxygen atoms in total. The number of H-pyrrole nitrogens is 1. The van der Waals surface area contributed by atoms with E-state index in [0.29, 0.717) is 76.6 Å². The third-order valence-corrected chi connectivity index (χ3v) is 12.0. The number of ether oxygens (including phenoxy) is 2. The summed E-state index contributed by atoms with van der Waals surface area (Å²) in [5.41, 5.74) is 3.80. The molecule has 1 rings (SSSR count). The molecular weight excluding hydrogens is 829 g/mol. The number of rotatable bonds is 42. The number of amides is 2. The molecule has 1 aromatic heterocycles. The standard InChI is InChI=1S/C50H88N6O9/c1-9-10-11-12-13-14-15-16-17-18-19-20-21-25-45(60)54-27-28-64-29-30-65-36-38(2)53-26-23-22-24-39(47(62)63)31-42(57)48(3,4)33-43(58)49(5,6)34-44(59)50(7,8)56-46(61)41(51)32-40-35-52-37-55-40/h35,37,39,41,53H,2,9-34,36,51H2,1,3-8H3,(H,52,55)(H,54,60)(H,56,61)(H,62,63)/t39-,41+/m1/s1. The predicted molar refractivity (Wildman–Crippen MR) is 256 cm³/mol. The zero-order valence-electron chi connectivity index (χ0n) is 41.3. The smallest absolute Gasteiger partial charge is 0.306 e. The number of nitrogens with zero attached hydrogens (tertiary/aromatic N) is 1. The zero-order chi connectivity index (χ0) is 48.7. The molecular formula is C50H88N6O9. The molecule has 0 aliphatic carbocycles. The molecule has 65 heavy (non-hydrogen) atoms. The Labute approximate surface area is 390 Å². The third-order valence-electron chi connectivity index (χ3n) is 12.0. The summed E-state index contributed by atoms with van der Waals surface area (Å²) >= 11 is 0. The number of aromatic nitrogens is 2. The average molecular weight is 917 g/mol. The van der Waals surface area contributed by atoms with Gasteiger partial charge in [0, 0.05) is 73.6 Å². The van der Waals surface area contributed by atoms with E-state index < -0.39 is 40.2 Å². The molecule has 0 aliphatic heterocycles. The van der Waals surface area contributed by atoms with Crippen LogP contribution in [0.3, 0.4) is 0 Å². The van der Waals surface area contributed by atoms with Crippen LogP contribution >= 0.6 is 0 Å². The highest BCUT2D eigenvalue weighted by atomic mass is 16.5. The summed E-state index contributed by atoms with van der Waals surface area (Å²) in [4.78, 5) is 84.1. The largest absolute Gasteiger partial charge is 0.481 e. The second-order valence-corrected chi connectivity index (χ2v) is 19.7. The second-order valence-electron chi connectivity index (χ2n) is 19.7. The molecule has 0 saturated carbocycles. The molecule has 0 unspecified atom stereocenters. The number of ketones is 3. The van der Waals surface area contributed by atoms with Crippen LogP contribution < -0.4 is 21.7 Å². The number of unbranched alkanes of at least 4 members (excludes halogenated alkanes) is 13. The lowest BCUT2D eigenvalue weighted by Gasteiger charge is -2.33. The zero-order valence-corrected chi connectivity index (χ0v) is 41.3. The molecule has 15 heteroatoms. The van der Waals surface area contributed by atoms with Gasteiger partial charge in [-0.05, 0) is 33.1 Å². The first-order chi connectivity index (χ1) is 30.7. The molecule has 0 aliphatic rings. The summed E-state index contributed by atoms with van der Waals surface area (Å²) in [6.07, 6.45) is 21.4. The number of imidazole rings is 1. The van der Waals surface area contributed by atoms with Crippen molar-refractivity contribution in [2.45, 2.75) is 195 Å². The molecule has 0 saturated heterocycles. The van der Waals surface area contributed by atoms with Gasteiger partial charge in [-0.15, -0.1) is 0 Å². The van der Waals surface area contributed by atoms with E-state index in [-0.39, 0.29) is 48.9 Å². The van der Waals surface area contributed by atoms with Crippen molar-refractivity contribution in [3.63, 3.8) is 0 Å². The lowest BCUT2D eigenvalue weighted by molar-refractivity contribution is -0.146. The highest BCUT2D eigenvalue weighted by molar-refractivity contribution is 5.99. The summed E-state index contributed by atoms with van der Waals surface area (Å²) in [6.45, 7) is 18.4. The number of aliphatic carboxylic acids is 1. The van der Waals surface area contributed by atoms with Gasteiger partial charge >= 0.3 is 5.97 Å². The Balaban J connectivity index is 2.23. The van der Waals surface area contributed by atoms with Crippen LogP contribution in [0, 0.1) is 16.7 Å². The van der Waals surface area contributed by atoms with Gasteiger partial charge in [0.05, 0.1) is 50.3 Å². The van der Waals surface area contributed by atoms with Gasteiger partial charge in [-0.25, -0.2) is 4.98 Å². The van der Waals surface area contributed by atoms with Crippen molar-refractivity contribution >= 4 is 35.1 Å². The van der Waals surface area contributed by atoms with Gasteiger partial charge in [0.1, 0.15) is 11.6 Å². The van der Waals surface area contributed by atoms with Gasteiger partial charge < -0.3 is 41.2 Å². The van der Waals surface area contributed by atoms with Crippen LogP contribution in [0.1, 0.15) is 183 Å². The number of nitrogens with two attached hydrogens (primary N) is 1. The number of nitrogens with one attached hydrogen (secondary N) is 4. The summed E-state index contributed by atoms with van der Waals surface area (Å²) in [6, 6.07) is -0.916. The first-order valence-corrected chi connectivity index (χ1v) is 24.4. The first kappa shape index (κ1) is 59.1. The van der Waals surface area contributed by atoms with Crippen molar-refractivity contribution in [3.8, 4) is 0 Å². The Hall–Kier alpha value is -3.95. The van der Waals surface area contributed by atoms with Crippen LogP contribution in [0.4, 0.5) is 0 Å². The number of carboxylic acid groups (broad SMARTS) is 1. The summed E-state index contributed by atoms with van der Waals surface area (Å²) < 4.78 is 11.2. The minimum Gasteiger partial charge on any atom is -0.481 e.